The molecule has 4 heteroatoms. The molecule has 0 atom stereocenters. The normalized spacial score (nSPS) is 16.5. The van der Waals surface area contributed by atoms with Crippen LogP contribution in [-0.4, -0.2) is 10.3 Å². The fraction of sp³-hybridized carbons (Fsp3) is 0. The third-order valence-corrected chi connectivity index (χ3v) is 2.71. The molecule has 0 bridgehead atoms. The number of benzene rings is 1. The second-order valence-corrected chi connectivity index (χ2v) is 3.53. The van der Waals surface area contributed by atoms with E-state index in [-0.39, 0.29) is 0 Å². The first-order valence-corrected chi connectivity index (χ1v) is 4.66. The minimum Gasteiger partial charge on any atom is -0.248 e. The first-order valence-electron chi connectivity index (χ1n) is 4.66. The third kappa shape index (κ3) is 0.747. The highest BCUT2D eigenvalue weighted by molar-refractivity contribution is 5.86. The summed E-state index contributed by atoms with van der Waals surface area (Å²) in [7, 11) is 0. The summed E-state index contributed by atoms with van der Waals surface area (Å²) in [6.07, 6.45) is 6.02. The van der Waals surface area contributed by atoms with Gasteiger partial charge < -0.3 is 0 Å². The van der Waals surface area contributed by atoms with Crippen molar-refractivity contribution in [1.29, 1.82) is 0 Å². The van der Waals surface area contributed by atoms with Gasteiger partial charge in [0.25, 0.3) is 0 Å². The highest BCUT2D eigenvalue weighted by atomic mass is 16.6. The van der Waals surface area contributed by atoms with Gasteiger partial charge in [0.15, 0.2) is 0 Å². The molecule has 0 radical (unpaired) electrons. The van der Waals surface area contributed by atoms with Gasteiger partial charge in [0, 0.05) is 10.8 Å². The summed E-state index contributed by atoms with van der Waals surface area (Å²) in [6, 6.07) is 3.82. The number of fused-ring (bicyclic) bond motifs is 4. The van der Waals surface area contributed by atoms with Crippen LogP contribution in [0.2, 0.25) is 0 Å². The monoisotopic (exact) mass is 195 g/mol. The lowest BCUT2D eigenvalue weighted by Crippen LogP contribution is -2.23. The van der Waals surface area contributed by atoms with Gasteiger partial charge in [-0.05, 0) is 28.5 Å². The standard InChI is InChI=1S/C11H5N3O/c1-2-6-7(3-1)12-8-4-5-9-11(10(6)8)14-15-13-9/h1-5H. The van der Waals surface area contributed by atoms with Gasteiger partial charge in [0.05, 0.1) is 11.1 Å². The van der Waals surface area contributed by atoms with E-state index in [2.05, 4.69) is 15.3 Å². The molecule has 2 heterocycles. The Kier molecular flexibility index (Phi) is 1.06. The highest BCUT2D eigenvalue weighted by Gasteiger charge is 2.16. The van der Waals surface area contributed by atoms with Crippen molar-refractivity contribution in [1.82, 2.24) is 10.3 Å². The van der Waals surface area contributed by atoms with Crippen molar-refractivity contribution in [2.45, 2.75) is 0 Å². The fourth-order valence-electron chi connectivity index (χ4n) is 2.05. The number of rotatable bonds is 0. The van der Waals surface area contributed by atoms with Crippen molar-refractivity contribution in [3.63, 3.8) is 0 Å². The lowest BCUT2D eigenvalue weighted by Gasteiger charge is -1.88. The number of allylic oxidation sites excluding steroid dienone is 3. The van der Waals surface area contributed by atoms with Crippen LogP contribution in [0.15, 0.2) is 45.7 Å². The number of aromatic nitrogens is 2. The van der Waals surface area contributed by atoms with Crippen LogP contribution in [0.25, 0.3) is 16.6 Å². The molecule has 2 aliphatic rings. The Morgan fingerprint density at radius 3 is 3.13 bits per heavy atom. The van der Waals surface area contributed by atoms with Crippen LogP contribution in [0.4, 0.5) is 0 Å². The van der Waals surface area contributed by atoms with Crippen molar-refractivity contribution in [3.05, 3.63) is 46.6 Å². The average molecular weight is 195 g/mol. The van der Waals surface area contributed by atoms with E-state index in [1.165, 1.54) is 0 Å². The predicted molar refractivity (Wildman–Crippen MR) is 53.2 cm³/mol. The van der Waals surface area contributed by atoms with Crippen molar-refractivity contribution < 1.29 is 4.63 Å². The van der Waals surface area contributed by atoms with Crippen LogP contribution in [0.5, 0.6) is 0 Å². The molecule has 0 N–H and O–H groups in total. The summed E-state index contributed by atoms with van der Waals surface area (Å²) in [5.74, 6) is 0. The molecule has 1 aromatic heterocycles. The predicted octanol–water partition coefficient (Wildman–Crippen LogP) is 0.460. The van der Waals surface area contributed by atoms with Crippen molar-refractivity contribution in [3.8, 4) is 0 Å². The van der Waals surface area contributed by atoms with Crippen molar-refractivity contribution >= 4 is 16.6 Å². The van der Waals surface area contributed by atoms with Gasteiger partial charge in [0.2, 0.25) is 0 Å². The van der Waals surface area contributed by atoms with Gasteiger partial charge >= 0.3 is 0 Å². The molecular formula is C11H5N3O. The smallest absolute Gasteiger partial charge is 0.145 e. The van der Waals surface area contributed by atoms with Gasteiger partial charge in [-0.2, -0.15) is 0 Å². The second-order valence-electron chi connectivity index (χ2n) is 3.53. The Morgan fingerprint density at radius 1 is 1.13 bits per heavy atom. The lowest BCUT2D eigenvalue weighted by molar-refractivity contribution is 0.315. The van der Waals surface area contributed by atoms with E-state index < -0.39 is 0 Å². The molecule has 70 valence electrons. The summed E-state index contributed by atoms with van der Waals surface area (Å²) in [5, 5.41) is 9.73. The maximum atomic E-state index is 4.74. The molecule has 2 aromatic rings. The molecule has 1 aliphatic heterocycles. The maximum absolute atomic E-state index is 4.74. The number of nitrogens with zero attached hydrogens (tertiary/aromatic N) is 3. The van der Waals surface area contributed by atoms with Gasteiger partial charge in [-0.15, -0.1) is 0 Å². The van der Waals surface area contributed by atoms with E-state index in [4.69, 9.17) is 4.63 Å². The van der Waals surface area contributed by atoms with E-state index in [0.717, 1.165) is 32.9 Å². The average Bonchev–Trinajstić information content (AvgIpc) is 2.89. The SMILES string of the molecule is C1=CC2=c3c(ccc4nonc34)=NC2=C1. The molecule has 4 rings (SSSR count). The van der Waals surface area contributed by atoms with Crippen LogP contribution in [0.1, 0.15) is 0 Å². The summed E-state index contributed by atoms with van der Waals surface area (Å²) >= 11 is 0. The maximum Gasteiger partial charge on any atom is 0.145 e. The quantitative estimate of drug-likeness (QED) is 0.613. The zero-order valence-corrected chi connectivity index (χ0v) is 7.64. The highest BCUT2D eigenvalue weighted by Crippen LogP contribution is 2.21. The molecule has 0 amide bonds. The van der Waals surface area contributed by atoms with Crippen molar-refractivity contribution in [2.24, 2.45) is 4.99 Å². The Labute approximate surface area is 83.9 Å². The van der Waals surface area contributed by atoms with Crippen LogP contribution < -0.4 is 10.6 Å². The van der Waals surface area contributed by atoms with Crippen molar-refractivity contribution in [2.75, 3.05) is 0 Å². The molecule has 0 saturated carbocycles. The van der Waals surface area contributed by atoms with E-state index >= 15 is 0 Å². The first-order chi connectivity index (χ1) is 7.43. The Balaban J connectivity index is 2.42. The summed E-state index contributed by atoms with van der Waals surface area (Å²) in [5.41, 5.74) is 3.69. The molecule has 0 fully saturated rings. The van der Waals surface area contributed by atoms with Crippen LogP contribution in [-0.2, 0) is 0 Å². The van der Waals surface area contributed by atoms with E-state index in [9.17, 15) is 0 Å². The Morgan fingerprint density at radius 2 is 2.13 bits per heavy atom. The molecule has 15 heavy (non-hydrogen) atoms. The topological polar surface area (TPSA) is 51.3 Å². The van der Waals surface area contributed by atoms with Gasteiger partial charge in [-0.3, -0.25) is 0 Å². The molecule has 0 spiro atoms. The zero-order valence-electron chi connectivity index (χ0n) is 7.64. The van der Waals surface area contributed by atoms with Crippen LogP contribution in [0, 0.1) is 0 Å². The minimum absolute atomic E-state index is 0.776. The largest absolute Gasteiger partial charge is 0.248 e. The molecule has 4 nitrogen and oxygen atoms in total. The Hall–Kier alpha value is -2.23. The molecule has 0 saturated heterocycles. The zero-order chi connectivity index (χ0) is 9.83. The molecule has 0 unspecified atom stereocenters. The van der Waals surface area contributed by atoms with Crippen LogP contribution >= 0.6 is 0 Å². The molecule has 1 aromatic carbocycles. The Bertz CT molecular complexity index is 765. The summed E-state index contributed by atoms with van der Waals surface area (Å²) in [4.78, 5) is 4.50. The van der Waals surface area contributed by atoms with E-state index in [1.54, 1.807) is 0 Å². The van der Waals surface area contributed by atoms with Gasteiger partial charge in [0.1, 0.15) is 11.0 Å². The van der Waals surface area contributed by atoms with Gasteiger partial charge in [-0.25, -0.2) is 9.62 Å². The number of hydrogen-bond acceptors (Lipinski definition) is 4. The lowest BCUT2D eigenvalue weighted by atomic mass is 10.1. The first kappa shape index (κ1) is 7.11. The molecular weight excluding hydrogens is 190 g/mol. The van der Waals surface area contributed by atoms with E-state index in [1.807, 2.05) is 30.4 Å². The minimum atomic E-state index is 0.776. The summed E-state index contributed by atoms with van der Waals surface area (Å²) in [6.45, 7) is 0. The summed E-state index contributed by atoms with van der Waals surface area (Å²) < 4.78 is 4.74. The fourth-order valence-corrected chi connectivity index (χ4v) is 2.05. The van der Waals surface area contributed by atoms with Crippen LogP contribution in [0.3, 0.4) is 0 Å². The van der Waals surface area contributed by atoms with E-state index in [0.29, 0.717) is 0 Å². The third-order valence-electron chi connectivity index (χ3n) is 2.71. The number of hydrogen-bond donors (Lipinski definition) is 0. The van der Waals surface area contributed by atoms with Gasteiger partial charge in [-0.1, -0.05) is 12.2 Å². The second kappa shape index (κ2) is 2.23. The molecule has 1 aliphatic carbocycles.